The Kier molecular flexibility index (Phi) is 3.99. The number of nitrogens with zero attached hydrogens (tertiary/aromatic N) is 3. The van der Waals surface area contributed by atoms with Gasteiger partial charge in [-0.25, -0.2) is 4.98 Å². The maximum absolute atomic E-state index is 5.95. The van der Waals surface area contributed by atoms with Crippen LogP contribution in [0.4, 0.5) is 0 Å². The molecule has 0 bridgehead atoms. The lowest BCUT2D eigenvalue weighted by molar-refractivity contribution is 0.0705. The van der Waals surface area contributed by atoms with Gasteiger partial charge in [-0.2, -0.15) is 0 Å². The standard InChI is InChI=1S/C17H23N3O2/c1-2-14(1)11-22-13-16-8-19(7-15-3-6-21-12-15)10-17-18-4-5-20(17)9-16/h3-6,12,14,16H,1-2,7-11,13H2. The molecule has 5 heteroatoms. The molecule has 1 fully saturated rings. The van der Waals surface area contributed by atoms with Gasteiger partial charge in [0.2, 0.25) is 0 Å². The minimum atomic E-state index is 0.515. The molecule has 1 aliphatic carbocycles. The van der Waals surface area contributed by atoms with Crippen LogP contribution in [0.15, 0.2) is 35.4 Å². The van der Waals surface area contributed by atoms with E-state index in [0.29, 0.717) is 5.92 Å². The highest BCUT2D eigenvalue weighted by molar-refractivity contribution is 5.06. The highest BCUT2D eigenvalue weighted by atomic mass is 16.5. The van der Waals surface area contributed by atoms with Gasteiger partial charge < -0.3 is 13.7 Å². The van der Waals surface area contributed by atoms with Crippen molar-refractivity contribution < 1.29 is 9.15 Å². The second-order valence-electron chi connectivity index (χ2n) is 6.64. The Morgan fingerprint density at radius 1 is 1.23 bits per heavy atom. The van der Waals surface area contributed by atoms with Crippen molar-refractivity contribution in [2.45, 2.75) is 32.5 Å². The molecule has 0 spiro atoms. The third-order valence-corrected chi connectivity index (χ3v) is 4.53. The molecule has 22 heavy (non-hydrogen) atoms. The Hall–Kier alpha value is -1.59. The average molecular weight is 301 g/mol. The van der Waals surface area contributed by atoms with Gasteiger partial charge in [-0.15, -0.1) is 0 Å². The fraction of sp³-hybridized carbons (Fsp3) is 0.588. The van der Waals surface area contributed by atoms with Gasteiger partial charge in [-0.1, -0.05) is 0 Å². The lowest BCUT2D eigenvalue weighted by Gasteiger charge is -2.23. The van der Waals surface area contributed by atoms with E-state index in [1.807, 2.05) is 18.5 Å². The minimum absolute atomic E-state index is 0.515. The molecule has 0 N–H and O–H groups in total. The topological polar surface area (TPSA) is 43.4 Å². The van der Waals surface area contributed by atoms with Gasteiger partial charge >= 0.3 is 0 Å². The van der Waals surface area contributed by atoms with Gasteiger partial charge in [0.15, 0.2) is 0 Å². The first kappa shape index (κ1) is 14.0. The minimum Gasteiger partial charge on any atom is -0.472 e. The quantitative estimate of drug-likeness (QED) is 0.822. The van der Waals surface area contributed by atoms with E-state index in [9.17, 15) is 0 Å². The Balaban J connectivity index is 1.42. The van der Waals surface area contributed by atoms with Crippen LogP contribution in [0.3, 0.4) is 0 Å². The summed E-state index contributed by atoms with van der Waals surface area (Å²) in [5, 5.41) is 0. The number of aromatic nitrogens is 2. The number of ether oxygens (including phenoxy) is 1. The van der Waals surface area contributed by atoms with Crippen molar-refractivity contribution in [1.82, 2.24) is 14.5 Å². The van der Waals surface area contributed by atoms with E-state index in [2.05, 4.69) is 20.6 Å². The van der Waals surface area contributed by atoms with Crippen molar-refractivity contribution in [3.8, 4) is 0 Å². The van der Waals surface area contributed by atoms with Crippen molar-refractivity contribution >= 4 is 0 Å². The fourth-order valence-corrected chi connectivity index (χ4v) is 3.18. The molecule has 0 amide bonds. The molecule has 1 aliphatic heterocycles. The molecule has 5 nitrogen and oxygen atoms in total. The van der Waals surface area contributed by atoms with Gasteiger partial charge in [-0.3, -0.25) is 4.90 Å². The van der Waals surface area contributed by atoms with Crippen molar-refractivity contribution in [3.05, 3.63) is 42.4 Å². The number of imidazole rings is 1. The molecule has 0 saturated heterocycles. The van der Waals surface area contributed by atoms with E-state index >= 15 is 0 Å². The molecule has 2 aromatic heterocycles. The van der Waals surface area contributed by atoms with Crippen LogP contribution in [0.25, 0.3) is 0 Å². The Morgan fingerprint density at radius 2 is 2.14 bits per heavy atom. The van der Waals surface area contributed by atoms with E-state index in [0.717, 1.165) is 51.1 Å². The molecule has 0 aromatic carbocycles. The van der Waals surface area contributed by atoms with Crippen LogP contribution in [0, 0.1) is 11.8 Å². The molecule has 1 unspecified atom stereocenters. The maximum Gasteiger partial charge on any atom is 0.122 e. The zero-order valence-electron chi connectivity index (χ0n) is 12.9. The summed E-state index contributed by atoms with van der Waals surface area (Å²) in [4.78, 5) is 6.95. The van der Waals surface area contributed by atoms with Crippen LogP contribution in [-0.2, 0) is 24.4 Å². The van der Waals surface area contributed by atoms with Crippen LogP contribution in [0.1, 0.15) is 24.2 Å². The number of furan rings is 1. The first-order chi connectivity index (χ1) is 10.9. The molecule has 118 valence electrons. The number of hydrogen-bond donors (Lipinski definition) is 0. The predicted molar refractivity (Wildman–Crippen MR) is 82.1 cm³/mol. The van der Waals surface area contributed by atoms with E-state index in [4.69, 9.17) is 9.15 Å². The van der Waals surface area contributed by atoms with Crippen molar-refractivity contribution in [2.75, 3.05) is 19.8 Å². The summed E-state index contributed by atoms with van der Waals surface area (Å²) >= 11 is 0. The van der Waals surface area contributed by atoms with Crippen molar-refractivity contribution in [1.29, 1.82) is 0 Å². The van der Waals surface area contributed by atoms with Gasteiger partial charge in [0.25, 0.3) is 0 Å². The summed E-state index contributed by atoms with van der Waals surface area (Å²) in [6.07, 6.45) is 10.3. The second-order valence-corrected chi connectivity index (χ2v) is 6.64. The Bertz CT molecular complexity index is 589. The molecule has 3 heterocycles. The lowest BCUT2D eigenvalue weighted by Crippen LogP contribution is -2.30. The fourth-order valence-electron chi connectivity index (χ4n) is 3.18. The summed E-state index contributed by atoms with van der Waals surface area (Å²) in [7, 11) is 0. The lowest BCUT2D eigenvalue weighted by atomic mass is 10.1. The average Bonchev–Trinajstić information content (AvgIpc) is 3.06. The van der Waals surface area contributed by atoms with E-state index in [1.165, 1.54) is 18.4 Å². The SMILES string of the molecule is c1cn2c(n1)CN(Cc1ccoc1)CC(COCC1CC1)C2. The molecule has 4 rings (SSSR count). The number of rotatable bonds is 6. The first-order valence-electron chi connectivity index (χ1n) is 8.18. The van der Waals surface area contributed by atoms with Gasteiger partial charge in [0, 0.05) is 50.1 Å². The van der Waals surface area contributed by atoms with Crippen LogP contribution in [-0.4, -0.2) is 34.2 Å². The molecule has 2 aliphatic rings. The summed E-state index contributed by atoms with van der Waals surface area (Å²) < 4.78 is 13.4. The summed E-state index contributed by atoms with van der Waals surface area (Å²) in [6.45, 7) is 5.62. The molecular formula is C17H23N3O2. The largest absolute Gasteiger partial charge is 0.472 e. The summed E-state index contributed by atoms with van der Waals surface area (Å²) in [6, 6.07) is 2.04. The van der Waals surface area contributed by atoms with Gasteiger partial charge in [0.1, 0.15) is 5.82 Å². The number of hydrogen-bond acceptors (Lipinski definition) is 4. The van der Waals surface area contributed by atoms with Crippen molar-refractivity contribution in [2.24, 2.45) is 11.8 Å². The highest BCUT2D eigenvalue weighted by Crippen LogP contribution is 2.29. The predicted octanol–water partition coefficient (Wildman–Crippen LogP) is 2.53. The third kappa shape index (κ3) is 3.42. The summed E-state index contributed by atoms with van der Waals surface area (Å²) in [5.41, 5.74) is 1.22. The van der Waals surface area contributed by atoms with Crippen LogP contribution in [0.5, 0.6) is 0 Å². The Morgan fingerprint density at radius 3 is 2.95 bits per heavy atom. The zero-order valence-corrected chi connectivity index (χ0v) is 12.9. The van der Waals surface area contributed by atoms with Crippen LogP contribution < -0.4 is 0 Å². The molecule has 0 radical (unpaired) electrons. The van der Waals surface area contributed by atoms with Crippen LogP contribution in [0.2, 0.25) is 0 Å². The first-order valence-corrected chi connectivity index (χ1v) is 8.18. The van der Waals surface area contributed by atoms with Gasteiger partial charge in [0.05, 0.1) is 25.7 Å². The Labute approximate surface area is 130 Å². The normalized spacial score (nSPS) is 22.5. The zero-order chi connectivity index (χ0) is 14.8. The molecule has 2 aromatic rings. The van der Waals surface area contributed by atoms with Gasteiger partial charge in [-0.05, 0) is 24.8 Å². The third-order valence-electron chi connectivity index (χ3n) is 4.53. The van der Waals surface area contributed by atoms with E-state index in [-0.39, 0.29) is 0 Å². The smallest absolute Gasteiger partial charge is 0.122 e. The maximum atomic E-state index is 5.95. The van der Waals surface area contributed by atoms with E-state index < -0.39 is 0 Å². The van der Waals surface area contributed by atoms with E-state index in [1.54, 1.807) is 6.26 Å². The van der Waals surface area contributed by atoms with Crippen LogP contribution >= 0.6 is 0 Å². The molecular weight excluding hydrogens is 278 g/mol. The molecule has 1 atom stereocenters. The highest BCUT2D eigenvalue weighted by Gasteiger charge is 2.25. The molecule has 1 saturated carbocycles. The number of fused-ring (bicyclic) bond motifs is 1. The summed E-state index contributed by atoms with van der Waals surface area (Å²) in [5.74, 6) is 2.49. The second kappa shape index (κ2) is 6.26. The monoisotopic (exact) mass is 301 g/mol. The van der Waals surface area contributed by atoms with Crippen molar-refractivity contribution in [3.63, 3.8) is 0 Å².